The molecular weight excluding hydrogens is 372 g/mol. The molecule has 2 amide bonds. The fourth-order valence-corrected chi connectivity index (χ4v) is 4.06. The quantitative estimate of drug-likeness (QED) is 0.613. The second-order valence-electron chi connectivity index (χ2n) is 7.45. The standard InChI is InChI=1S/C20H22N6O3/c1-9-7-12(16-10(2)25-26(3)18(16)22-9)19(28)23-14-5-4-6-15-11(14)8-13(17(21)27)20(29)24-15/h7-8,14H,4-6H2,1-3H3,(H2,21,27)(H,23,28)(H,24,29). The molecule has 1 aliphatic carbocycles. The molecule has 0 saturated heterocycles. The van der Waals surface area contributed by atoms with Crippen molar-refractivity contribution in [2.24, 2.45) is 12.8 Å². The van der Waals surface area contributed by atoms with Gasteiger partial charge >= 0.3 is 0 Å². The summed E-state index contributed by atoms with van der Waals surface area (Å²) in [5.41, 5.74) is 8.77. The van der Waals surface area contributed by atoms with Crippen LogP contribution in [0.4, 0.5) is 0 Å². The number of aromatic nitrogens is 4. The van der Waals surface area contributed by atoms with Gasteiger partial charge in [0.15, 0.2) is 5.65 Å². The normalized spacial score (nSPS) is 15.9. The van der Waals surface area contributed by atoms with Crippen molar-refractivity contribution in [1.29, 1.82) is 0 Å². The third-order valence-electron chi connectivity index (χ3n) is 5.36. The molecule has 3 heterocycles. The second kappa shape index (κ2) is 6.84. The fourth-order valence-electron chi connectivity index (χ4n) is 4.06. The van der Waals surface area contributed by atoms with E-state index in [-0.39, 0.29) is 17.5 Å². The van der Waals surface area contributed by atoms with Crippen molar-refractivity contribution in [3.05, 3.63) is 56.3 Å². The molecule has 4 N–H and O–H groups in total. The van der Waals surface area contributed by atoms with Crippen LogP contribution in [0.15, 0.2) is 16.9 Å². The van der Waals surface area contributed by atoms with Crippen LogP contribution in [0.5, 0.6) is 0 Å². The Morgan fingerprint density at radius 2 is 2.03 bits per heavy atom. The second-order valence-corrected chi connectivity index (χ2v) is 7.45. The monoisotopic (exact) mass is 394 g/mol. The van der Waals surface area contributed by atoms with E-state index < -0.39 is 11.5 Å². The lowest BCUT2D eigenvalue weighted by Crippen LogP contribution is -2.34. The number of aromatic amines is 1. The van der Waals surface area contributed by atoms with Crippen molar-refractivity contribution >= 4 is 22.8 Å². The maximum Gasteiger partial charge on any atom is 0.261 e. The van der Waals surface area contributed by atoms with Crippen LogP contribution in [0.2, 0.25) is 0 Å². The van der Waals surface area contributed by atoms with Crippen LogP contribution in [0.25, 0.3) is 11.0 Å². The van der Waals surface area contributed by atoms with E-state index in [1.807, 2.05) is 13.8 Å². The highest BCUT2D eigenvalue weighted by atomic mass is 16.2. The Labute approximate surface area is 166 Å². The Morgan fingerprint density at radius 3 is 2.76 bits per heavy atom. The van der Waals surface area contributed by atoms with Crippen LogP contribution in [0.3, 0.4) is 0 Å². The SMILES string of the molecule is Cc1cc(C(=O)NC2CCCc3[nH]c(=O)c(C(N)=O)cc32)c2c(C)nn(C)c2n1. The summed E-state index contributed by atoms with van der Waals surface area (Å²) >= 11 is 0. The first-order chi connectivity index (χ1) is 13.8. The van der Waals surface area contributed by atoms with E-state index in [9.17, 15) is 14.4 Å². The molecule has 0 aromatic carbocycles. The van der Waals surface area contributed by atoms with Gasteiger partial charge in [-0.3, -0.25) is 19.1 Å². The van der Waals surface area contributed by atoms with Crippen LogP contribution < -0.4 is 16.6 Å². The summed E-state index contributed by atoms with van der Waals surface area (Å²) in [5.74, 6) is -1.04. The van der Waals surface area contributed by atoms with Gasteiger partial charge in [0.25, 0.3) is 17.4 Å². The van der Waals surface area contributed by atoms with Gasteiger partial charge in [0.1, 0.15) is 5.56 Å². The first kappa shape index (κ1) is 18.9. The van der Waals surface area contributed by atoms with E-state index in [2.05, 4.69) is 20.4 Å². The summed E-state index contributed by atoms with van der Waals surface area (Å²) < 4.78 is 1.66. The Hall–Kier alpha value is -3.49. The molecule has 9 heteroatoms. The average molecular weight is 394 g/mol. The number of hydrogen-bond acceptors (Lipinski definition) is 5. The number of aryl methyl sites for hydroxylation is 4. The van der Waals surface area contributed by atoms with Crippen LogP contribution in [-0.2, 0) is 13.5 Å². The first-order valence-electron chi connectivity index (χ1n) is 9.44. The minimum absolute atomic E-state index is 0.102. The number of rotatable bonds is 3. The van der Waals surface area contributed by atoms with E-state index in [0.29, 0.717) is 29.4 Å². The number of pyridine rings is 2. The summed E-state index contributed by atoms with van der Waals surface area (Å²) in [6.07, 6.45) is 2.18. The van der Waals surface area contributed by atoms with Gasteiger partial charge in [-0.05, 0) is 50.8 Å². The van der Waals surface area contributed by atoms with E-state index in [1.165, 1.54) is 6.07 Å². The number of primary amides is 1. The third-order valence-corrected chi connectivity index (χ3v) is 5.36. The Morgan fingerprint density at radius 1 is 1.28 bits per heavy atom. The zero-order chi connectivity index (χ0) is 20.9. The molecular formula is C20H22N6O3. The first-order valence-corrected chi connectivity index (χ1v) is 9.44. The Kier molecular flexibility index (Phi) is 4.45. The number of carbonyl (C=O) groups is 2. The molecule has 1 aliphatic rings. The van der Waals surface area contributed by atoms with Gasteiger partial charge in [-0.15, -0.1) is 0 Å². The number of carbonyl (C=O) groups excluding carboxylic acids is 2. The van der Waals surface area contributed by atoms with Gasteiger partial charge in [0.2, 0.25) is 0 Å². The lowest BCUT2D eigenvalue weighted by Gasteiger charge is -2.26. The number of nitrogens with two attached hydrogens (primary N) is 1. The molecule has 3 aromatic heterocycles. The maximum atomic E-state index is 13.2. The zero-order valence-corrected chi connectivity index (χ0v) is 16.5. The topological polar surface area (TPSA) is 136 Å². The molecule has 0 fully saturated rings. The molecule has 0 saturated carbocycles. The van der Waals surface area contributed by atoms with Gasteiger partial charge in [0.05, 0.1) is 22.7 Å². The molecule has 0 radical (unpaired) electrons. The number of hydrogen-bond donors (Lipinski definition) is 3. The summed E-state index contributed by atoms with van der Waals surface area (Å²) in [6.45, 7) is 3.67. The zero-order valence-electron chi connectivity index (χ0n) is 16.5. The van der Waals surface area contributed by atoms with Crippen molar-refractivity contribution in [2.45, 2.75) is 39.2 Å². The van der Waals surface area contributed by atoms with Crippen molar-refractivity contribution in [2.75, 3.05) is 0 Å². The van der Waals surface area contributed by atoms with Gasteiger partial charge in [0, 0.05) is 18.4 Å². The number of nitrogens with zero attached hydrogens (tertiary/aromatic N) is 3. The van der Waals surface area contributed by atoms with Crippen LogP contribution in [-0.4, -0.2) is 31.6 Å². The minimum atomic E-state index is -0.790. The molecule has 0 spiro atoms. The summed E-state index contributed by atoms with van der Waals surface area (Å²) in [7, 11) is 1.79. The highest BCUT2D eigenvalue weighted by Crippen LogP contribution is 2.29. The van der Waals surface area contributed by atoms with Crippen molar-refractivity contribution in [3.63, 3.8) is 0 Å². The minimum Gasteiger partial charge on any atom is -0.365 e. The van der Waals surface area contributed by atoms with E-state index in [1.54, 1.807) is 17.8 Å². The van der Waals surface area contributed by atoms with Crippen molar-refractivity contribution in [1.82, 2.24) is 25.1 Å². The van der Waals surface area contributed by atoms with Crippen LogP contribution in [0, 0.1) is 13.8 Å². The lowest BCUT2D eigenvalue weighted by atomic mass is 9.90. The smallest absolute Gasteiger partial charge is 0.261 e. The molecule has 150 valence electrons. The fraction of sp³-hybridized carbons (Fsp3) is 0.350. The molecule has 3 aromatic rings. The number of H-pyrrole nitrogens is 1. The highest BCUT2D eigenvalue weighted by Gasteiger charge is 2.26. The van der Waals surface area contributed by atoms with Gasteiger partial charge in [-0.1, -0.05) is 0 Å². The highest BCUT2D eigenvalue weighted by molar-refractivity contribution is 6.06. The van der Waals surface area contributed by atoms with E-state index in [0.717, 1.165) is 29.1 Å². The summed E-state index contributed by atoms with van der Waals surface area (Å²) in [4.78, 5) is 44.1. The van der Waals surface area contributed by atoms with Gasteiger partial charge in [-0.2, -0.15) is 5.10 Å². The van der Waals surface area contributed by atoms with Crippen molar-refractivity contribution in [3.8, 4) is 0 Å². The van der Waals surface area contributed by atoms with Crippen molar-refractivity contribution < 1.29 is 9.59 Å². The Balaban J connectivity index is 1.75. The predicted molar refractivity (Wildman–Crippen MR) is 107 cm³/mol. The van der Waals surface area contributed by atoms with Crippen LogP contribution >= 0.6 is 0 Å². The average Bonchev–Trinajstić information content (AvgIpc) is 2.94. The lowest BCUT2D eigenvalue weighted by molar-refractivity contribution is 0.0933. The molecule has 0 aliphatic heterocycles. The number of fused-ring (bicyclic) bond motifs is 2. The van der Waals surface area contributed by atoms with Gasteiger partial charge in [-0.25, -0.2) is 4.98 Å². The Bertz CT molecular complexity index is 1220. The molecule has 4 rings (SSSR count). The molecule has 0 bridgehead atoms. The maximum absolute atomic E-state index is 13.2. The van der Waals surface area contributed by atoms with E-state index >= 15 is 0 Å². The molecule has 1 unspecified atom stereocenters. The predicted octanol–water partition coefficient (Wildman–Crippen LogP) is 1.18. The number of amides is 2. The van der Waals surface area contributed by atoms with E-state index in [4.69, 9.17) is 5.73 Å². The summed E-state index contributed by atoms with van der Waals surface area (Å²) in [5, 5.41) is 8.15. The largest absolute Gasteiger partial charge is 0.365 e. The molecule has 9 nitrogen and oxygen atoms in total. The number of nitrogens with one attached hydrogen (secondary N) is 2. The summed E-state index contributed by atoms with van der Waals surface area (Å²) in [6, 6.07) is 2.92. The van der Waals surface area contributed by atoms with Crippen LogP contribution in [0.1, 0.15) is 62.2 Å². The third kappa shape index (κ3) is 3.18. The van der Waals surface area contributed by atoms with Gasteiger partial charge < -0.3 is 16.0 Å². The molecule has 29 heavy (non-hydrogen) atoms. The molecule has 1 atom stereocenters.